The van der Waals surface area contributed by atoms with E-state index < -0.39 is 11.9 Å². The van der Waals surface area contributed by atoms with Crippen LogP contribution in [0.1, 0.15) is 26.7 Å². The summed E-state index contributed by atoms with van der Waals surface area (Å²) in [4.78, 5) is 27.3. The van der Waals surface area contributed by atoms with E-state index in [9.17, 15) is 14.7 Å². The van der Waals surface area contributed by atoms with E-state index in [1.807, 2.05) is 4.90 Å². The Morgan fingerprint density at radius 3 is 2.45 bits per heavy atom. The van der Waals surface area contributed by atoms with Gasteiger partial charge in [0.2, 0.25) is 0 Å². The van der Waals surface area contributed by atoms with Gasteiger partial charge in [-0.1, -0.05) is 13.8 Å². The average Bonchev–Trinajstić information content (AvgIpc) is 3.09. The Kier molecular flexibility index (Phi) is 4.52. The van der Waals surface area contributed by atoms with E-state index in [1.165, 1.54) is 0 Å². The first kappa shape index (κ1) is 15.1. The van der Waals surface area contributed by atoms with E-state index in [1.54, 1.807) is 11.9 Å². The van der Waals surface area contributed by atoms with Crippen LogP contribution in [0.15, 0.2) is 0 Å². The molecule has 1 aliphatic heterocycles. The van der Waals surface area contributed by atoms with Crippen LogP contribution in [0.5, 0.6) is 0 Å². The first-order valence-corrected chi connectivity index (χ1v) is 7.25. The van der Waals surface area contributed by atoms with E-state index in [2.05, 4.69) is 13.8 Å². The van der Waals surface area contributed by atoms with Gasteiger partial charge in [-0.2, -0.15) is 0 Å². The lowest BCUT2D eigenvalue weighted by Gasteiger charge is -2.33. The van der Waals surface area contributed by atoms with Gasteiger partial charge in [0.15, 0.2) is 0 Å². The lowest BCUT2D eigenvalue weighted by atomic mass is 10.0. The molecule has 0 aromatic heterocycles. The molecule has 2 atom stereocenters. The molecule has 2 unspecified atom stereocenters. The Hall–Kier alpha value is -1.30. The van der Waals surface area contributed by atoms with Crippen LogP contribution in [-0.2, 0) is 9.53 Å². The van der Waals surface area contributed by atoms with Crippen LogP contribution in [-0.4, -0.2) is 65.8 Å². The normalized spacial score (nSPS) is 25.8. The number of urea groups is 1. The second kappa shape index (κ2) is 5.99. The van der Waals surface area contributed by atoms with Gasteiger partial charge < -0.3 is 19.6 Å². The van der Waals surface area contributed by atoms with Gasteiger partial charge >= 0.3 is 12.0 Å². The van der Waals surface area contributed by atoms with E-state index >= 15 is 0 Å². The molecule has 6 heteroatoms. The highest BCUT2D eigenvalue weighted by atomic mass is 16.5. The maximum absolute atomic E-state index is 12.6. The summed E-state index contributed by atoms with van der Waals surface area (Å²) in [5.74, 6) is -1.11. The van der Waals surface area contributed by atoms with Crippen molar-refractivity contribution in [2.45, 2.75) is 38.8 Å². The molecule has 0 aromatic rings. The number of amides is 2. The number of rotatable bonds is 5. The number of likely N-dealkylation sites (N-methyl/N-ethyl adjacent to an activating group) is 1. The minimum atomic E-state index is -0.894. The summed E-state index contributed by atoms with van der Waals surface area (Å²) in [6, 6.07) is -0.102. The number of carboxylic acid groups (broad SMARTS) is 1. The molecule has 1 saturated heterocycles. The van der Waals surface area contributed by atoms with E-state index in [0.29, 0.717) is 18.6 Å². The van der Waals surface area contributed by atoms with Gasteiger partial charge in [-0.05, 0) is 18.8 Å². The van der Waals surface area contributed by atoms with Crippen LogP contribution in [0.2, 0.25) is 0 Å². The second-order valence-corrected chi connectivity index (χ2v) is 6.22. The fourth-order valence-corrected chi connectivity index (χ4v) is 2.67. The van der Waals surface area contributed by atoms with Crippen LogP contribution in [0.3, 0.4) is 0 Å². The van der Waals surface area contributed by atoms with Crippen molar-refractivity contribution >= 4 is 12.0 Å². The molecule has 0 radical (unpaired) electrons. The monoisotopic (exact) mass is 284 g/mol. The van der Waals surface area contributed by atoms with Crippen molar-refractivity contribution in [1.29, 1.82) is 0 Å². The highest BCUT2D eigenvalue weighted by Gasteiger charge is 2.42. The number of hydrogen-bond acceptors (Lipinski definition) is 3. The largest absolute Gasteiger partial charge is 0.481 e. The Morgan fingerprint density at radius 2 is 1.95 bits per heavy atom. The van der Waals surface area contributed by atoms with Crippen LogP contribution in [0.4, 0.5) is 4.79 Å². The van der Waals surface area contributed by atoms with Crippen LogP contribution < -0.4 is 0 Å². The minimum absolute atomic E-state index is 0.0667. The molecule has 20 heavy (non-hydrogen) atoms. The fourth-order valence-electron chi connectivity index (χ4n) is 2.67. The van der Waals surface area contributed by atoms with Gasteiger partial charge in [-0.3, -0.25) is 4.79 Å². The number of hydrogen-bond donors (Lipinski definition) is 1. The standard InChI is InChI=1S/C14H24N2O4/c1-9(2)6-16(10-4-5-10)14(19)15(3)12-8-20-7-11(12)13(17)18/h9-12H,4-8H2,1-3H3,(H,17,18). The summed E-state index contributed by atoms with van der Waals surface area (Å²) >= 11 is 0. The maximum atomic E-state index is 12.6. The predicted molar refractivity (Wildman–Crippen MR) is 73.5 cm³/mol. The third-order valence-corrected chi connectivity index (χ3v) is 3.96. The summed E-state index contributed by atoms with van der Waals surface area (Å²) in [6.45, 7) is 5.38. The smallest absolute Gasteiger partial charge is 0.320 e. The molecule has 2 fully saturated rings. The number of aliphatic carboxylic acids is 1. The van der Waals surface area contributed by atoms with E-state index in [4.69, 9.17) is 4.74 Å². The Morgan fingerprint density at radius 1 is 1.30 bits per heavy atom. The van der Waals surface area contributed by atoms with Crippen molar-refractivity contribution in [2.24, 2.45) is 11.8 Å². The molecule has 0 aromatic carbocycles. The third-order valence-electron chi connectivity index (χ3n) is 3.96. The SMILES string of the molecule is CC(C)CN(C(=O)N(C)C1COCC1C(=O)O)C1CC1. The summed E-state index contributed by atoms with van der Waals surface area (Å²) in [6.07, 6.45) is 2.10. The Balaban J connectivity index is 2.04. The molecule has 1 saturated carbocycles. The minimum Gasteiger partial charge on any atom is -0.481 e. The Bertz CT molecular complexity index is 381. The Labute approximate surface area is 119 Å². The summed E-state index contributed by atoms with van der Waals surface area (Å²) in [5, 5.41) is 9.19. The zero-order valence-corrected chi connectivity index (χ0v) is 12.4. The highest BCUT2D eigenvalue weighted by Crippen LogP contribution is 2.30. The highest BCUT2D eigenvalue weighted by molar-refractivity contribution is 5.77. The van der Waals surface area contributed by atoms with E-state index in [-0.39, 0.29) is 18.7 Å². The van der Waals surface area contributed by atoms with Gasteiger partial charge in [0.25, 0.3) is 0 Å². The lowest BCUT2D eigenvalue weighted by molar-refractivity contribution is -0.142. The van der Waals surface area contributed by atoms with Crippen LogP contribution in [0, 0.1) is 11.8 Å². The number of carboxylic acids is 1. The number of carbonyl (C=O) groups excluding carboxylic acids is 1. The molecule has 6 nitrogen and oxygen atoms in total. The molecular formula is C14H24N2O4. The molecule has 1 N–H and O–H groups in total. The molecule has 0 spiro atoms. The maximum Gasteiger partial charge on any atom is 0.320 e. The van der Waals surface area contributed by atoms with Crippen LogP contribution in [0.25, 0.3) is 0 Å². The quantitative estimate of drug-likeness (QED) is 0.825. The summed E-state index contributed by atoms with van der Waals surface area (Å²) < 4.78 is 5.25. The zero-order valence-electron chi connectivity index (χ0n) is 12.4. The van der Waals surface area contributed by atoms with Crippen molar-refractivity contribution < 1.29 is 19.4 Å². The molecule has 1 heterocycles. The summed E-state index contributed by atoms with van der Waals surface area (Å²) in [5.41, 5.74) is 0. The molecule has 1 aliphatic carbocycles. The van der Waals surface area contributed by atoms with E-state index in [0.717, 1.165) is 19.4 Å². The third kappa shape index (κ3) is 3.23. The first-order valence-electron chi connectivity index (χ1n) is 7.25. The first-order chi connectivity index (χ1) is 9.41. The molecule has 0 bridgehead atoms. The van der Waals surface area contributed by atoms with Crippen molar-refractivity contribution in [3.05, 3.63) is 0 Å². The average molecular weight is 284 g/mol. The van der Waals surface area contributed by atoms with Gasteiger partial charge in [-0.15, -0.1) is 0 Å². The molecular weight excluding hydrogens is 260 g/mol. The molecule has 2 rings (SSSR count). The van der Waals surface area contributed by atoms with Crippen LogP contribution >= 0.6 is 0 Å². The van der Waals surface area contributed by atoms with Gasteiger partial charge in [0.1, 0.15) is 5.92 Å². The van der Waals surface area contributed by atoms with Gasteiger partial charge in [0, 0.05) is 19.6 Å². The van der Waals surface area contributed by atoms with Crippen molar-refractivity contribution in [3.8, 4) is 0 Å². The van der Waals surface area contributed by atoms with Crippen molar-refractivity contribution in [1.82, 2.24) is 9.80 Å². The summed E-state index contributed by atoms with van der Waals surface area (Å²) in [7, 11) is 1.69. The molecule has 114 valence electrons. The predicted octanol–water partition coefficient (Wildman–Crippen LogP) is 1.26. The lowest BCUT2D eigenvalue weighted by Crippen LogP contribution is -2.51. The van der Waals surface area contributed by atoms with Crippen molar-refractivity contribution in [2.75, 3.05) is 26.8 Å². The van der Waals surface area contributed by atoms with Gasteiger partial charge in [0.05, 0.1) is 19.3 Å². The molecule has 2 amide bonds. The van der Waals surface area contributed by atoms with Crippen molar-refractivity contribution in [3.63, 3.8) is 0 Å². The zero-order chi connectivity index (χ0) is 14.9. The molecule has 2 aliphatic rings. The van der Waals surface area contributed by atoms with Gasteiger partial charge in [-0.25, -0.2) is 4.79 Å². The second-order valence-electron chi connectivity index (χ2n) is 6.22. The topological polar surface area (TPSA) is 70.1 Å². The fraction of sp³-hybridized carbons (Fsp3) is 0.857. The number of ether oxygens (including phenoxy) is 1. The number of nitrogens with zero attached hydrogens (tertiary/aromatic N) is 2. The number of carbonyl (C=O) groups is 2.